The van der Waals surface area contributed by atoms with Gasteiger partial charge in [-0.05, 0) is 23.8 Å². The van der Waals surface area contributed by atoms with E-state index in [0.717, 1.165) is 6.29 Å². The maximum atomic E-state index is 13.3. The van der Waals surface area contributed by atoms with Gasteiger partial charge < -0.3 is 4.74 Å². The topological polar surface area (TPSA) is 26.3 Å². The molecule has 2 nitrogen and oxygen atoms in total. The van der Waals surface area contributed by atoms with E-state index in [-0.39, 0.29) is 5.82 Å². The van der Waals surface area contributed by atoms with E-state index in [9.17, 15) is 9.18 Å². The van der Waals surface area contributed by atoms with Gasteiger partial charge in [-0.3, -0.25) is 4.79 Å². The number of benzene rings is 2. The summed E-state index contributed by atoms with van der Waals surface area (Å²) in [6.45, 7) is 0.339. The number of rotatable bonds is 5. The largest absolute Gasteiger partial charge is 0.492 e. The summed E-state index contributed by atoms with van der Waals surface area (Å²) in [5.74, 6) is 0.300. The van der Waals surface area contributed by atoms with Crippen LogP contribution in [0.3, 0.4) is 0 Å². The molecule has 0 aliphatic rings. The summed E-state index contributed by atoms with van der Waals surface area (Å²) in [6, 6.07) is 13.6. The van der Waals surface area contributed by atoms with E-state index in [1.165, 1.54) is 6.07 Å². The smallest absolute Gasteiger partial charge is 0.153 e. The molecule has 0 aliphatic carbocycles. The molecule has 18 heavy (non-hydrogen) atoms. The third-order valence-electron chi connectivity index (χ3n) is 2.63. The Bertz CT molecular complexity index is 538. The van der Waals surface area contributed by atoms with Crippen molar-refractivity contribution in [1.29, 1.82) is 0 Å². The van der Waals surface area contributed by atoms with Crippen molar-refractivity contribution in [2.24, 2.45) is 0 Å². The minimum Gasteiger partial charge on any atom is -0.492 e. The van der Waals surface area contributed by atoms with Crippen LogP contribution in [0.2, 0.25) is 0 Å². The first-order chi connectivity index (χ1) is 8.81. The summed E-state index contributed by atoms with van der Waals surface area (Å²) in [4.78, 5) is 10.8. The molecule has 2 rings (SSSR count). The van der Waals surface area contributed by atoms with Crippen LogP contribution in [0.25, 0.3) is 0 Å². The molecular formula is C15H13FO2. The van der Waals surface area contributed by atoms with Crippen LogP contribution in [0.5, 0.6) is 5.75 Å². The molecule has 0 spiro atoms. The van der Waals surface area contributed by atoms with E-state index in [2.05, 4.69) is 0 Å². The number of hydrogen-bond donors (Lipinski definition) is 0. The predicted octanol–water partition coefficient (Wildman–Crippen LogP) is 3.26. The molecule has 0 N–H and O–H groups in total. The van der Waals surface area contributed by atoms with Crippen molar-refractivity contribution in [1.82, 2.24) is 0 Å². The fourth-order valence-corrected chi connectivity index (χ4v) is 1.68. The van der Waals surface area contributed by atoms with E-state index in [0.29, 0.717) is 29.9 Å². The third kappa shape index (κ3) is 2.94. The minimum atomic E-state index is -0.232. The van der Waals surface area contributed by atoms with Crippen molar-refractivity contribution in [3.63, 3.8) is 0 Å². The molecule has 0 saturated heterocycles. The Morgan fingerprint density at radius 3 is 2.56 bits per heavy atom. The fourth-order valence-electron chi connectivity index (χ4n) is 1.68. The molecule has 0 unspecified atom stereocenters. The molecule has 0 bridgehead atoms. The van der Waals surface area contributed by atoms with Gasteiger partial charge in [0, 0.05) is 6.42 Å². The van der Waals surface area contributed by atoms with E-state index in [1.807, 2.05) is 0 Å². The van der Waals surface area contributed by atoms with Gasteiger partial charge in [0.05, 0.1) is 12.2 Å². The third-order valence-corrected chi connectivity index (χ3v) is 2.63. The molecule has 2 aromatic carbocycles. The number of aldehydes is 1. The first-order valence-corrected chi connectivity index (χ1v) is 5.71. The Kier molecular flexibility index (Phi) is 4.07. The minimum absolute atomic E-state index is 0.232. The highest BCUT2D eigenvalue weighted by atomic mass is 19.1. The van der Waals surface area contributed by atoms with Gasteiger partial charge in [-0.1, -0.05) is 30.3 Å². The highest BCUT2D eigenvalue weighted by molar-refractivity contribution is 5.79. The van der Waals surface area contributed by atoms with Crippen LogP contribution in [0.4, 0.5) is 4.39 Å². The Hall–Kier alpha value is -2.16. The SMILES string of the molecule is O=Cc1ccccc1OCCc1ccccc1F. The van der Waals surface area contributed by atoms with Crippen LogP contribution in [-0.4, -0.2) is 12.9 Å². The summed E-state index contributed by atoms with van der Waals surface area (Å²) in [7, 11) is 0. The van der Waals surface area contributed by atoms with E-state index >= 15 is 0 Å². The standard InChI is InChI=1S/C15H13FO2/c16-14-7-3-1-5-12(14)9-10-18-15-8-4-2-6-13(15)11-17/h1-8,11H,9-10H2. The number of ether oxygens (including phenoxy) is 1. The Morgan fingerprint density at radius 1 is 1.06 bits per heavy atom. The lowest BCUT2D eigenvalue weighted by Gasteiger charge is -2.08. The van der Waals surface area contributed by atoms with Crippen LogP contribution in [0.1, 0.15) is 15.9 Å². The first kappa shape index (κ1) is 12.3. The molecule has 0 saturated carbocycles. The first-order valence-electron chi connectivity index (χ1n) is 5.71. The average molecular weight is 244 g/mol. The van der Waals surface area contributed by atoms with E-state index < -0.39 is 0 Å². The summed E-state index contributed by atoms with van der Waals surface area (Å²) in [5, 5.41) is 0. The second-order valence-corrected chi connectivity index (χ2v) is 3.85. The maximum Gasteiger partial charge on any atom is 0.153 e. The molecule has 0 amide bonds. The summed E-state index contributed by atoms with van der Waals surface area (Å²) in [6.07, 6.45) is 1.22. The van der Waals surface area contributed by atoms with Gasteiger partial charge in [0.25, 0.3) is 0 Å². The lowest BCUT2D eigenvalue weighted by atomic mass is 10.1. The van der Waals surface area contributed by atoms with Gasteiger partial charge in [0.2, 0.25) is 0 Å². The monoisotopic (exact) mass is 244 g/mol. The van der Waals surface area contributed by atoms with Crippen molar-refractivity contribution in [3.8, 4) is 5.75 Å². The Morgan fingerprint density at radius 2 is 1.78 bits per heavy atom. The van der Waals surface area contributed by atoms with Crippen LogP contribution in [0.15, 0.2) is 48.5 Å². The van der Waals surface area contributed by atoms with Gasteiger partial charge in [0.15, 0.2) is 6.29 Å². The van der Waals surface area contributed by atoms with Crippen molar-refractivity contribution in [2.75, 3.05) is 6.61 Å². The van der Waals surface area contributed by atoms with Gasteiger partial charge in [-0.25, -0.2) is 4.39 Å². The molecule has 0 fully saturated rings. The molecule has 0 atom stereocenters. The second kappa shape index (κ2) is 5.96. The second-order valence-electron chi connectivity index (χ2n) is 3.85. The number of carbonyl (C=O) groups is 1. The van der Waals surface area contributed by atoms with Gasteiger partial charge in [0.1, 0.15) is 11.6 Å². The highest BCUT2D eigenvalue weighted by Crippen LogP contribution is 2.16. The van der Waals surface area contributed by atoms with Gasteiger partial charge >= 0.3 is 0 Å². The predicted molar refractivity (Wildman–Crippen MR) is 67.4 cm³/mol. The van der Waals surface area contributed by atoms with Crippen LogP contribution in [0, 0.1) is 5.82 Å². The molecule has 2 aromatic rings. The van der Waals surface area contributed by atoms with Crippen LogP contribution >= 0.6 is 0 Å². The zero-order valence-electron chi connectivity index (χ0n) is 9.80. The normalized spacial score (nSPS) is 10.1. The van der Waals surface area contributed by atoms with E-state index in [4.69, 9.17) is 4.74 Å². The molecule has 0 radical (unpaired) electrons. The zero-order valence-corrected chi connectivity index (χ0v) is 9.80. The molecule has 0 heterocycles. The zero-order chi connectivity index (χ0) is 12.8. The molecular weight excluding hydrogens is 231 g/mol. The number of carbonyl (C=O) groups excluding carboxylic acids is 1. The lowest BCUT2D eigenvalue weighted by molar-refractivity contribution is 0.111. The Balaban J connectivity index is 1.97. The summed E-state index contributed by atoms with van der Waals surface area (Å²) >= 11 is 0. The molecule has 3 heteroatoms. The van der Waals surface area contributed by atoms with Gasteiger partial charge in [-0.15, -0.1) is 0 Å². The van der Waals surface area contributed by atoms with Crippen molar-refractivity contribution < 1.29 is 13.9 Å². The highest BCUT2D eigenvalue weighted by Gasteiger charge is 2.03. The van der Waals surface area contributed by atoms with Crippen molar-refractivity contribution in [2.45, 2.75) is 6.42 Å². The van der Waals surface area contributed by atoms with Crippen LogP contribution in [-0.2, 0) is 6.42 Å². The average Bonchev–Trinajstić information content (AvgIpc) is 2.41. The van der Waals surface area contributed by atoms with Crippen molar-refractivity contribution >= 4 is 6.29 Å². The summed E-state index contributed by atoms with van der Waals surface area (Å²) in [5.41, 5.74) is 1.12. The quantitative estimate of drug-likeness (QED) is 0.754. The fraction of sp³-hybridized carbons (Fsp3) is 0.133. The maximum absolute atomic E-state index is 13.3. The van der Waals surface area contributed by atoms with E-state index in [1.54, 1.807) is 42.5 Å². The molecule has 0 aliphatic heterocycles. The number of para-hydroxylation sites is 1. The van der Waals surface area contributed by atoms with Gasteiger partial charge in [-0.2, -0.15) is 0 Å². The molecule has 0 aromatic heterocycles. The molecule has 92 valence electrons. The van der Waals surface area contributed by atoms with Crippen LogP contribution < -0.4 is 4.74 Å². The summed E-state index contributed by atoms with van der Waals surface area (Å²) < 4.78 is 18.8. The lowest BCUT2D eigenvalue weighted by Crippen LogP contribution is -2.04. The number of hydrogen-bond acceptors (Lipinski definition) is 2. The Labute approximate surface area is 105 Å². The number of halogens is 1. The van der Waals surface area contributed by atoms with Crippen molar-refractivity contribution in [3.05, 3.63) is 65.5 Å².